The van der Waals surface area contributed by atoms with Gasteiger partial charge in [-0.1, -0.05) is 36.4 Å². The number of hydrogen-bond donors (Lipinski definition) is 0. The molecule has 0 aromatic heterocycles. The van der Waals surface area contributed by atoms with Crippen molar-refractivity contribution in [2.45, 2.75) is 31.8 Å². The van der Waals surface area contributed by atoms with Crippen LogP contribution in [-0.4, -0.2) is 48.5 Å². The zero-order valence-corrected chi connectivity index (χ0v) is 15.4. The van der Waals surface area contributed by atoms with Crippen molar-refractivity contribution in [1.29, 1.82) is 0 Å². The number of benzene rings is 2. The lowest BCUT2D eigenvalue weighted by Crippen LogP contribution is -2.39. The van der Waals surface area contributed by atoms with Crippen LogP contribution >= 0.6 is 0 Å². The van der Waals surface area contributed by atoms with E-state index in [9.17, 15) is 4.79 Å². The van der Waals surface area contributed by atoms with Crippen LogP contribution in [0.5, 0.6) is 5.75 Å². The normalized spacial score (nSPS) is 18.7. The molecule has 0 atom stereocenters. The maximum atomic E-state index is 12.6. The molecule has 0 spiro atoms. The summed E-state index contributed by atoms with van der Waals surface area (Å²) in [6.45, 7) is 3.28. The van der Waals surface area contributed by atoms with Crippen LogP contribution in [-0.2, 0) is 24.2 Å². The number of rotatable bonds is 4. The Morgan fingerprint density at radius 1 is 1.00 bits per heavy atom. The van der Waals surface area contributed by atoms with Crippen LogP contribution in [0.4, 0.5) is 0 Å². The Kier molecular flexibility index (Phi) is 4.93. The highest BCUT2D eigenvalue weighted by atomic mass is 16.5. The molecule has 1 fully saturated rings. The predicted molar refractivity (Wildman–Crippen MR) is 102 cm³/mol. The number of amides is 1. The standard InChI is InChI=1S/C22H26N2O2/c1-26-21-8-4-5-17(13-21)16-24-12-11-23(10-9-22(24)25)20-14-18-6-2-3-7-19(18)15-20/h2-8,13,20H,9-12,14-16H2,1H3. The molecule has 136 valence electrons. The van der Waals surface area contributed by atoms with Crippen molar-refractivity contribution in [3.8, 4) is 5.75 Å². The summed E-state index contributed by atoms with van der Waals surface area (Å²) < 4.78 is 5.30. The minimum atomic E-state index is 0.255. The highest BCUT2D eigenvalue weighted by molar-refractivity contribution is 5.76. The fraction of sp³-hybridized carbons (Fsp3) is 0.409. The molecule has 4 rings (SSSR count). The monoisotopic (exact) mass is 350 g/mol. The highest BCUT2D eigenvalue weighted by Crippen LogP contribution is 2.26. The first-order valence-electron chi connectivity index (χ1n) is 9.44. The van der Waals surface area contributed by atoms with Gasteiger partial charge in [-0.25, -0.2) is 0 Å². The molecule has 0 unspecified atom stereocenters. The van der Waals surface area contributed by atoms with Crippen LogP contribution in [0.25, 0.3) is 0 Å². The third-order valence-electron chi connectivity index (χ3n) is 5.68. The van der Waals surface area contributed by atoms with E-state index in [0.29, 0.717) is 19.0 Å². The molecule has 1 aliphatic carbocycles. The first-order valence-corrected chi connectivity index (χ1v) is 9.44. The summed E-state index contributed by atoms with van der Waals surface area (Å²) in [6, 6.07) is 17.3. The van der Waals surface area contributed by atoms with E-state index in [1.807, 2.05) is 23.1 Å². The van der Waals surface area contributed by atoms with Crippen LogP contribution in [0.2, 0.25) is 0 Å². The Morgan fingerprint density at radius 2 is 1.77 bits per heavy atom. The molecule has 0 saturated carbocycles. The second kappa shape index (κ2) is 7.50. The summed E-state index contributed by atoms with van der Waals surface area (Å²) in [5, 5.41) is 0. The number of nitrogens with zero attached hydrogens (tertiary/aromatic N) is 2. The molecule has 0 N–H and O–H groups in total. The second-order valence-electron chi connectivity index (χ2n) is 7.28. The average molecular weight is 350 g/mol. The van der Waals surface area contributed by atoms with Gasteiger partial charge in [-0.3, -0.25) is 9.69 Å². The fourth-order valence-electron chi connectivity index (χ4n) is 4.20. The van der Waals surface area contributed by atoms with E-state index in [1.165, 1.54) is 11.1 Å². The molecule has 0 radical (unpaired) electrons. The minimum absolute atomic E-state index is 0.255. The SMILES string of the molecule is COc1cccc(CN2CCN(C3Cc4ccccc4C3)CCC2=O)c1. The zero-order chi connectivity index (χ0) is 17.9. The van der Waals surface area contributed by atoms with Crippen molar-refractivity contribution in [3.05, 3.63) is 65.2 Å². The van der Waals surface area contributed by atoms with E-state index in [4.69, 9.17) is 4.74 Å². The Labute approximate surface area is 155 Å². The molecule has 2 aliphatic rings. The van der Waals surface area contributed by atoms with Gasteiger partial charge in [0.1, 0.15) is 5.75 Å². The molecule has 1 amide bonds. The van der Waals surface area contributed by atoms with Gasteiger partial charge in [0.05, 0.1) is 7.11 Å². The molecule has 1 aliphatic heterocycles. The third-order valence-corrected chi connectivity index (χ3v) is 5.68. The van der Waals surface area contributed by atoms with Gasteiger partial charge in [0.25, 0.3) is 0 Å². The number of hydrogen-bond acceptors (Lipinski definition) is 3. The maximum absolute atomic E-state index is 12.6. The van der Waals surface area contributed by atoms with E-state index in [0.717, 1.165) is 43.8 Å². The summed E-state index contributed by atoms with van der Waals surface area (Å²) in [7, 11) is 1.67. The van der Waals surface area contributed by atoms with Gasteiger partial charge in [-0.15, -0.1) is 0 Å². The third kappa shape index (κ3) is 3.61. The first kappa shape index (κ1) is 17.1. The summed E-state index contributed by atoms with van der Waals surface area (Å²) in [4.78, 5) is 17.1. The molecule has 0 bridgehead atoms. The zero-order valence-electron chi connectivity index (χ0n) is 15.4. The molecule has 1 saturated heterocycles. The number of fused-ring (bicyclic) bond motifs is 1. The Bertz CT molecular complexity index is 764. The predicted octanol–water partition coefficient (Wildman–Crippen LogP) is 2.90. The molecular formula is C22H26N2O2. The van der Waals surface area contributed by atoms with Crippen molar-refractivity contribution in [3.63, 3.8) is 0 Å². The van der Waals surface area contributed by atoms with Crippen LogP contribution in [0, 0.1) is 0 Å². The number of methoxy groups -OCH3 is 1. The quantitative estimate of drug-likeness (QED) is 0.850. The average Bonchev–Trinajstić information content (AvgIpc) is 3.02. The number of carbonyl (C=O) groups is 1. The lowest BCUT2D eigenvalue weighted by atomic mass is 10.1. The van der Waals surface area contributed by atoms with Crippen molar-refractivity contribution in [1.82, 2.24) is 9.80 Å². The fourth-order valence-corrected chi connectivity index (χ4v) is 4.20. The molecule has 4 heteroatoms. The van der Waals surface area contributed by atoms with E-state index in [-0.39, 0.29) is 5.91 Å². The van der Waals surface area contributed by atoms with Gasteiger partial charge in [0.2, 0.25) is 5.91 Å². The topological polar surface area (TPSA) is 32.8 Å². The highest BCUT2D eigenvalue weighted by Gasteiger charge is 2.29. The Balaban J connectivity index is 1.40. The molecule has 4 nitrogen and oxygen atoms in total. The summed E-state index contributed by atoms with van der Waals surface area (Å²) >= 11 is 0. The van der Waals surface area contributed by atoms with E-state index < -0.39 is 0 Å². The Hall–Kier alpha value is -2.33. The molecule has 2 aromatic rings. The molecule has 2 aromatic carbocycles. The van der Waals surface area contributed by atoms with Gasteiger partial charge >= 0.3 is 0 Å². The second-order valence-corrected chi connectivity index (χ2v) is 7.28. The van der Waals surface area contributed by atoms with Crippen molar-refractivity contribution in [2.75, 3.05) is 26.7 Å². The van der Waals surface area contributed by atoms with Gasteiger partial charge in [0, 0.05) is 38.6 Å². The van der Waals surface area contributed by atoms with E-state index >= 15 is 0 Å². The maximum Gasteiger partial charge on any atom is 0.224 e. The van der Waals surface area contributed by atoms with E-state index in [2.05, 4.69) is 35.2 Å². The summed E-state index contributed by atoms with van der Waals surface area (Å²) in [5.41, 5.74) is 4.07. The smallest absolute Gasteiger partial charge is 0.224 e. The van der Waals surface area contributed by atoms with Crippen molar-refractivity contribution in [2.24, 2.45) is 0 Å². The Morgan fingerprint density at radius 3 is 2.50 bits per heavy atom. The number of ether oxygens (including phenoxy) is 1. The minimum Gasteiger partial charge on any atom is -0.497 e. The van der Waals surface area contributed by atoms with Gasteiger partial charge in [-0.2, -0.15) is 0 Å². The number of carbonyl (C=O) groups excluding carboxylic acids is 1. The van der Waals surface area contributed by atoms with Gasteiger partial charge in [0.15, 0.2) is 0 Å². The van der Waals surface area contributed by atoms with Gasteiger partial charge < -0.3 is 9.64 Å². The summed E-state index contributed by atoms with van der Waals surface area (Å²) in [5.74, 6) is 1.10. The summed E-state index contributed by atoms with van der Waals surface area (Å²) in [6.07, 6.45) is 2.83. The lowest BCUT2D eigenvalue weighted by Gasteiger charge is -2.27. The van der Waals surface area contributed by atoms with E-state index in [1.54, 1.807) is 7.11 Å². The van der Waals surface area contributed by atoms with Crippen LogP contribution in [0.3, 0.4) is 0 Å². The molecule has 26 heavy (non-hydrogen) atoms. The van der Waals surface area contributed by atoms with Crippen LogP contribution in [0.15, 0.2) is 48.5 Å². The lowest BCUT2D eigenvalue weighted by molar-refractivity contribution is -0.130. The van der Waals surface area contributed by atoms with Gasteiger partial charge in [-0.05, 0) is 41.7 Å². The molecular weight excluding hydrogens is 324 g/mol. The van der Waals surface area contributed by atoms with Crippen molar-refractivity contribution < 1.29 is 9.53 Å². The first-order chi connectivity index (χ1) is 12.7. The molecule has 1 heterocycles. The van der Waals surface area contributed by atoms with Crippen molar-refractivity contribution >= 4 is 5.91 Å². The van der Waals surface area contributed by atoms with Crippen LogP contribution < -0.4 is 4.74 Å². The van der Waals surface area contributed by atoms with Crippen LogP contribution in [0.1, 0.15) is 23.1 Å². The largest absolute Gasteiger partial charge is 0.497 e.